The minimum absolute atomic E-state index is 0.196. The third kappa shape index (κ3) is 3.78. The summed E-state index contributed by atoms with van der Waals surface area (Å²) >= 11 is 5.96. The van der Waals surface area contributed by atoms with E-state index in [4.69, 9.17) is 11.6 Å². The third-order valence-electron chi connectivity index (χ3n) is 5.27. The van der Waals surface area contributed by atoms with E-state index in [1.165, 1.54) is 5.56 Å². The van der Waals surface area contributed by atoms with E-state index < -0.39 is 0 Å². The number of carbonyl (C=O) groups excluding carboxylic acids is 1. The second-order valence-corrected chi connectivity index (χ2v) is 7.41. The van der Waals surface area contributed by atoms with E-state index in [0.717, 1.165) is 47.8 Å². The molecular formula is C21H23ClN4O. The maximum atomic E-state index is 12.6. The molecule has 1 amide bonds. The van der Waals surface area contributed by atoms with Gasteiger partial charge in [-0.05, 0) is 42.8 Å². The molecule has 0 N–H and O–H groups in total. The molecule has 3 aromatic rings. The van der Waals surface area contributed by atoms with Gasteiger partial charge in [-0.1, -0.05) is 23.7 Å². The largest absolute Gasteiger partial charge is 0.368 e. The van der Waals surface area contributed by atoms with Gasteiger partial charge in [0, 0.05) is 48.7 Å². The summed E-state index contributed by atoms with van der Waals surface area (Å²) in [6, 6.07) is 14.1. The molecule has 140 valence electrons. The van der Waals surface area contributed by atoms with Crippen molar-refractivity contribution in [1.29, 1.82) is 0 Å². The Morgan fingerprint density at radius 2 is 1.81 bits per heavy atom. The number of halogens is 1. The topological polar surface area (TPSA) is 41.4 Å². The standard InChI is InChI=1S/C21H23ClN4O/c1-16-3-2-4-20-19(16)15-23-26(20)10-9-21(27)25-13-11-24(12-14-25)18-7-5-17(22)6-8-18/h2-8,15H,9-14H2,1H3. The number of piperazine rings is 1. The first-order chi connectivity index (χ1) is 13.1. The number of aryl methyl sites for hydroxylation is 2. The highest BCUT2D eigenvalue weighted by Crippen LogP contribution is 2.20. The second-order valence-electron chi connectivity index (χ2n) is 6.97. The average molecular weight is 383 g/mol. The lowest BCUT2D eigenvalue weighted by molar-refractivity contribution is -0.131. The minimum Gasteiger partial charge on any atom is -0.368 e. The lowest BCUT2D eigenvalue weighted by atomic mass is 10.1. The van der Waals surface area contributed by atoms with Crippen LogP contribution in [0.3, 0.4) is 0 Å². The summed E-state index contributed by atoms with van der Waals surface area (Å²) < 4.78 is 1.93. The molecule has 6 heteroatoms. The van der Waals surface area contributed by atoms with Gasteiger partial charge in [-0.3, -0.25) is 9.48 Å². The quantitative estimate of drug-likeness (QED) is 0.690. The van der Waals surface area contributed by atoms with Gasteiger partial charge in [0.2, 0.25) is 5.91 Å². The van der Waals surface area contributed by atoms with Crippen LogP contribution in [0.1, 0.15) is 12.0 Å². The number of rotatable bonds is 4. The summed E-state index contributed by atoms with van der Waals surface area (Å²) in [7, 11) is 0. The Kier molecular flexibility index (Phi) is 5.03. The van der Waals surface area contributed by atoms with E-state index in [0.29, 0.717) is 13.0 Å². The highest BCUT2D eigenvalue weighted by molar-refractivity contribution is 6.30. The Morgan fingerprint density at radius 1 is 1.07 bits per heavy atom. The maximum Gasteiger partial charge on any atom is 0.224 e. The third-order valence-corrected chi connectivity index (χ3v) is 5.52. The van der Waals surface area contributed by atoms with Crippen LogP contribution in [0, 0.1) is 6.92 Å². The second kappa shape index (κ2) is 7.61. The zero-order chi connectivity index (χ0) is 18.8. The van der Waals surface area contributed by atoms with Gasteiger partial charge in [0.05, 0.1) is 18.3 Å². The van der Waals surface area contributed by atoms with Gasteiger partial charge in [-0.2, -0.15) is 5.10 Å². The molecule has 0 saturated carbocycles. The van der Waals surface area contributed by atoms with Crippen molar-refractivity contribution >= 4 is 34.1 Å². The fourth-order valence-electron chi connectivity index (χ4n) is 3.65. The van der Waals surface area contributed by atoms with Crippen LogP contribution in [0.15, 0.2) is 48.7 Å². The van der Waals surface area contributed by atoms with E-state index >= 15 is 0 Å². The van der Waals surface area contributed by atoms with Crippen molar-refractivity contribution in [2.24, 2.45) is 0 Å². The monoisotopic (exact) mass is 382 g/mol. The number of anilines is 1. The Balaban J connectivity index is 1.33. The van der Waals surface area contributed by atoms with Gasteiger partial charge < -0.3 is 9.80 Å². The van der Waals surface area contributed by atoms with Crippen molar-refractivity contribution in [1.82, 2.24) is 14.7 Å². The fourth-order valence-corrected chi connectivity index (χ4v) is 3.78. The summed E-state index contributed by atoms with van der Waals surface area (Å²) in [6.07, 6.45) is 2.37. The van der Waals surface area contributed by atoms with Crippen LogP contribution in [-0.2, 0) is 11.3 Å². The summed E-state index contributed by atoms with van der Waals surface area (Å²) in [5.74, 6) is 0.196. The van der Waals surface area contributed by atoms with Crippen LogP contribution in [0.4, 0.5) is 5.69 Å². The number of fused-ring (bicyclic) bond motifs is 1. The van der Waals surface area contributed by atoms with Gasteiger partial charge in [0.15, 0.2) is 0 Å². The molecule has 0 spiro atoms. The molecule has 1 aliphatic heterocycles. The smallest absolute Gasteiger partial charge is 0.224 e. The van der Waals surface area contributed by atoms with Crippen molar-refractivity contribution in [2.75, 3.05) is 31.1 Å². The van der Waals surface area contributed by atoms with E-state index in [1.54, 1.807) is 0 Å². The summed E-state index contributed by atoms with van der Waals surface area (Å²) in [4.78, 5) is 16.9. The van der Waals surface area contributed by atoms with Gasteiger partial charge in [-0.15, -0.1) is 0 Å². The van der Waals surface area contributed by atoms with E-state index in [1.807, 2.05) is 46.1 Å². The molecule has 2 heterocycles. The van der Waals surface area contributed by atoms with Gasteiger partial charge >= 0.3 is 0 Å². The van der Waals surface area contributed by atoms with E-state index in [2.05, 4.69) is 29.1 Å². The lowest BCUT2D eigenvalue weighted by Gasteiger charge is -2.36. The van der Waals surface area contributed by atoms with Crippen LogP contribution >= 0.6 is 11.6 Å². The lowest BCUT2D eigenvalue weighted by Crippen LogP contribution is -2.49. The first-order valence-corrected chi connectivity index (χ1v) is 9.69. The number of benzene rings is 2. The minimum atomic E-state index is 0.196. The maximum absolute atomic E-state index is 12.6. The summed E-state index contributed by atoms with van der Waals surface area (Å²) in [5.41, 5.74) is 3.46. The molecular weight excluding hydrogens is 360 g/mol. The molecule has 1 aromatic heterocycles. The van der Waals surface area contributed by atoms with Crippen LogP contribution in [-0.4, -0.2) is 46.8 Å². The van der Waals surface area contributed by atoms with Crippen LogP contribution in [0.5, 0.6) is 0 Å². The Labute approximate surface area is 164 Å². The number of nitrogens with zero attached hydrogens (tertiary/aromatic N) is 4. The van der Waals surface area contributed by atoms with Crippen molar-refractivity contribution < 1.29 is 4.79 Å². The number of carbonyl (C=O) groups is 1. The molecule has 5 nitrogen and oxygen atoms in total. The van der Waals surface area contributed by atoms with Crippen molar-refractivity contribution in [3.8, 4) is 0 Å². The zero-order valence-corrected chi connectivity index (χ0v) is 16.2. The molecule has 2 aromatic carbocycles. The number of hydrogen-bond acceptors (Lipinski definition) is 3. The van der Waals surface area contributed by atoms with Crippen molar-refractivity contribution in [3.05, 3.63) is 59.2 Å². The van der Waals surface area contributed by atoms with Gasteiger partial charge in [-0.25, -0.2) is 0 Å². The Bertz CT molecular complexity index is 942. The van der Waals surface area contributed by atoms with Crippen molar-refractivity contribution in [3.63, 3.8) is 0 Å². The Morgan fingerprint density at radius 3 is 2.56 bits per heavy atom. The molecule has 1 saturated heterocycles. The molecule has 0 atom stereocenters. The Hall–Kier alpha value is -2.53. The van der Waals surface area contributed by atoms with Crippen LogP contribution in [0.25, 0.3) is 10.9 Å². The van der Waals surface area contributed by atoms with Crippen LogP contribution < -0.4 is 4.90 Å². The van der Waals surface area contributed by atoms with Gasteiger partial charge in [0.1, 0.15) is 0 Å². The van der Waals surface area contributed by atoms with Crippen LogP contribution in [0.2, 0.25) is 5.02 Å². The first-order valence-electron chi connectivity index (χ1n) is 9.31. The van der Waals surface area contributed by atoms with E-state index in [-0.39, 0.29) is 5.91 Å². The molecule has 27 heavy (non-hydrogen) atoms. The number of hydrogen-bond donors (Lipinski definition) is 0. The zero-order valence-electron chi connectivity index (χ0n) is 15.4. The SMILES string of the molecule is Cc1cccc2c1cnn2CCC(=O)N1CCN(c2ccc(Cl)cc2)CC1. The highest BCUT2D eigenvalue weighted by Gasteiger charge is 2.21. The summed E-state index contributed by atoms with van der Waals surface area (Å²) in [5, 5.41) is 6.36. The molecule has 4 rings (SSSR count). The molecule has 0 aliphatic carbocycles. The predicted molar refractivity (Wildman–Crippen MR) is 109 cm³/mol. The summed E-state index contributed by atoms with van der Waals surface area (Å²) in [6.45, 7) is 5.89. The predicted octanol–water partition coefficient (Wildman–Crippen LogP) is 3.74. The molecule has 0 radical (unpaired) electrons. The number of aromatic nitrogens is 2. The fraction of sp³-hybridized carbons (Fsp3) is 0.333. The normalized spacial score (nSPS) is 14.7. The molecule has 0 bridgehead atoms. The van der Waals surface area contributed by atoms with Crippen molar-refractivity contribution in [2.45, 2.75) is 19.9 Å². The molecule has 1 fully saturated rings. The number of amides is 1. The molecule has 1 aliphatic rings. The average Bonchev–Trinajstić information content (AvgIpc) is 3.11. The van der Waals surface area contributed by atoms with Gasteiger partial charge in [0.25, 0.3) is 0 Å². The first kappa shape index (κ1) is 17.9. The molecule has 0 unspecified atom stereocenters. The highest BCUT2D eigenvalue weighted by atomic mass is 35.5. The van der Waals surface area contributed by atoms with E-state index in [9.17, 15) is 4.79 Å².